The standard InChI is InChI=1S/C39H28F6N2S2/c40-37(41)33-29-23-31(27-7-3-1-4-8-27)48-35(29,17-11-25-13-19-46-20-14-25)36(18-12-26-15-21-47-22-16-26)30(34(33)38(42,43)39(37,44)45)24-32(49-36)28-9-5-2-6-10-28/h1-10,13-16,19-24H,11-12,17-18H2. The highest BCUT2D eigenvalue weighted by molar-refractivity contribution is 8.14. The van der Waals surface area contributed by atoms with Gasteiger partial charge in [0.2, 0.25) is 0 Å². The minimum atomic E-state index is -5.63. The van der Waals surface area contributed by atoms with Crippen LogP contribution in [0.3, 0.4) is 0 Å². The second kappa shape index (κ2) is 11.5. The largest absolute Gasteiger partial charge is 0.380 e. The third kappa shape index (κ3) is 4.66. The topological polar surface area (TPSA) is 25.8 Å². The molecule has 2 atom stereocenters. The predicted octanol–water partition coefficient (Wildman–Crippen LogP) is 10.6. The summed E-state index contributed by atoms with van der Waals surface area (Å²) in [5.74, 6) is -15.9. The summed E-state index contributed by atoms with van der Waals surface area (Å²) >= 11 is 2.67. The summed E-state index contributed by atoms with van der Waals surface area (Å²) in [6, 6.07) is 25.4. The molecule has 1 saturated carbocycles. The van der Waals surface area contributed by atoms with Gasteiger partial charge < -0.3 is 0 Å². The van der Waals surface area contributed by atoms with E-state index in [4.69, 9.17) is 0 Å². The van der Waals surface area contributed by atoms with Gasteiger partial charge >= 0.3 is 17.8 Å². The van der Waals surface area contributed by atoms with Crippen LogP contribution in [0.25, 0.3) is 9.81 Å². The number of nitrogens with zero attached hydrogens (tertiary/aromatic N) is 2. The first-order valence-electron chi connectivity index (χ1n) is 15.9. The van der Waals surface area contributed by atoms with E-state index in [1.165, 1.54) is 35.7 Å². The van der Waals surface area contributed by atoms with E-state index in [9.17, 15) is 0 Å². The first-order chi connectivity index (χ1) is 23.5. The zero-order valence-electron chi connectivity index (χ0n) is 25.9. The van der Waals surface area contributed by atoms with Crippen LogP contribution < -0.4 is 0 Å². The molecule has 2 aliphatic heterocycles. The molecule has 0 N–H and O–H groups in total. The zero-order valence-corrected chi connectivity index (χ0v) is 27.5. The Balaban J connectivity index is 1.44. The number of pyridine rings is 2. The van der Waals surface area contributed by atoms with Crippen molar-refractivity contribution in [1.29, 1.82) is 0 Å². The molecule has 248 valence electrons. The highest BCUT2D eigenvalue weighted by atomic mass is 32.2. The van der Waals surface area contributed by atoms with Crippen molar-refractivity contribution in [1.82, 2.24) is 9.97 Å². The number of alkyl halides is 6. The molecule has 2 aromatic heterocycles. The minimum absolute atomic E-state index is 0.143. The molecule has 10 heteroatoms. The first-order valence-corrected chi connectivity index (χ1v) is 17.5. The smallest absolute Gasteiger partial charge is 0.265 e. The third-order valence-electron chi connectivity index (χ3n) is 9.99. The molecule has 4 heterocycles. The molecule has 2 aromatic carbocycles. The SMILES string of the molecule is FC1(F)C2=C3C=C(c4ccccc4)SC3(CCc3ccncc3)C3(CCc4ccncc4)SC(c4ccccc4)=CC3=C2C(F)(F)C1(F)F. The van der Waals surface area contributed by atoms with E-state index in [0.29, 0.717) is 33.8 Å². The number of rotatable bonds is 8. The average Bonchev–Trinajstić information content (AvgIpc) is 3.74. The fourth-order valence-corrected chi connectivity index (χ4v) is 11.2. The number of aryl methyl sites for hydroxylation is 2. The molecular weight excluding hydrogens is 675 g/mol. The summed E-state index contributed by atoms with van der Waals surface area (Å²) in [7, 11) is 0. The Hall–Kier alpha value is -4.02. The van der Waals surface area contributed by atoms with Crippen molar-refractivity contribution in [2.75, 3.05) is 0 Å². The van der Waals surface area contributed by atoms with Crippen molar-refractivity contribution in [3.63, 3.8) is 0 Å². The van der Waals surface area contributed by atoms with Crippen molar-refractivity contribution in [3.05, 3.63) is 166 Å². The van der Waals surface area contributed by atoms with Crippen molar-refractivity contribution < 1.29 is 26.3 Å². The van der Waals surface area contributed by atoms with Crippen LogP contribution in [-0.2, 0) is 12.8 Å². The normalized spacial score (nSPS) is 25.8. The van der Waals surface area contributed by atoms with Gasteiger partial charge in [0, 0.05) is 45.7 Å². The molecule has 2 unspecified atom stereocenters. The molecule has 4 aromatic rings. The second-order valence-electron chi connectivity index (χ2n) is 12.6. The summed E-state index contributed by atoms with van der Waals surface area (Å²) in [5.41, 5.74) is 0.376. The lowest BCUT2D eigenvalue weighted by atomic mass is 9.66. The Morgan fingerprint density at radius 3 is 1.22 bits per heavy atom. The van der Waals surface area contributed by atoms with Gasteiger partial charge in [0.15, 0.2) is 0 Å². The number of fused-ring (bicyclic) bond motifs is 4. The maximum absolute atomic E-state index is 16.3. The van der Waals surface area contributed by atoms with E-state index in [-0.39, 0.29) is 24.0 Å². The Kier molecular flexibility index (Phi) is 7.57. The quantitative estimate of drug-likeness (QED) is 0.171. The fraction of sp³-hybridized carbons (Fsp3) is 0.231. The van der Waals surface area contributed by atoms with E-state index in [1.807, 2.05) is 60.7 Å². The number of hydrogen-bond acceptors (Lipinski definition) is 4. The fourth-order valence-electron chi connectivity index (χ4n) is 7.62. The Bertz CT molecular complexity index is 1900. The maximum atomic E-state index is 16.3. The summed E-state index contributed by atoms with van der Waals surface area (Å²) in [4.78, 5) is 9.37. The summed E-state index contributed by atoms with van der Waals surface area (Å²) in [6.07, 6.45) is 10.7. The van der Waals surface area contributed by atoms with Crippen molar-refractivity contribution in [3.8, 4) is 0 Å². The monoisotopic (exact) mass is 702 g/mol. The Morgan fingerprint density at radius 2 is 0.857 bits per heavy atom. The summed E-state index contributed by atoms with van der Waals surface area (Å²) in [5, 5.41) is 0. The molecule has 2 nitrogen and oxygen atoms in total. The van der Waals surface area contributed by atoms with Gasteiger partial charge in [0.25, 0.3) is 0 Å². The van der Waals surface area contributed by atoms with Crippen LogP contribution in [0.1, 0.15) is 35.1 Å². The molecule has 0 bridgehead atoms. The van der Waals surface area contributed by atoms with E-state index in [0.717, 1.165) is 11.1 Å². The molecular formula is C39H28F6N2S2. The minimum Gasteiger partial charge on any atom is -0.265 e. The Morgan fingerprint density at radius 1 is 0.490 bits per heavy atom. The number of thioether (sulfide) groups is 2. The van der Waals surface area contributed by atoms with Crippen LogP contribution in [0.4, 0.5) is 26.3 Å². The number of aromatic nitrogens is 2. The highest BCUT2D eigenvalue weighted by Gasteiger charge is 2.84. The van der Waals surface area contributed by atoms with Gasteiger partial charge in [-0.1, -0.05) is 60.7 Å². The van der Waals surface area contributed by atoms with Crippen molar-refractivity contribution in [2.45, 2.75) is 52.9 Å². The van der Waals surface area contributed by atoms with Gasteiger partial charge in [-0.3, -0.25) is 9.97 Å². The lowest BCUT2D eigenvalue weighted by Gasteiger charge is -2.52. The van der Waals surface area contributed by atoms with Gasteiger partial charge in [0.1, 0.15) is 0 Å². The molecule has 4 aliphatic rings. The van der Waals surface area contributed by atoms with Crippen LogP contribution in [0, 0.1) is 0 Å². The van der Waals surface area contributed by atoms with Gasteiger partial charge in [-0.15, -0.1) is 23.5 Å². The number of halogens is 6. The molecule has 0 amide bonds. The van der Waals surface area contributed by atoms with Crippen LogP contribution in [0.2, 0.25) is 0 Å². The number of benzene rings is 2. The van der Waals surface area contributed by atoms with E-state index < -0.39 is 38.4 Å². The van der Waals surface area contributed by atoms with E-state index >= 15 is 26.3 Å². The average molecular weight is 703 g/mol. The highest BCUT2D eigenvalue weighted by Crippen LogP contribution is 2.77. The van der Waals surface area contributed by atoms with E-state index in [2.05, 4.69) is 9.97 Å². The molecule has 49 heavy (non-hydrogen) atoms. The van der Waals surface area contributed by atoms with Crippen LogP contribution in [0.15, 0.2) is 144 Å². The van der Waals surface area contributed by atoms with Gasteiger partial charge in [-0.05, 0) is 95.5 Å². The van der Waals surface area contributed by atoms with Crippen LogP contribution in [-0.4, -0.2) is 37.2 Å². The van der Waals surface area contributed by atoms with E-state index in [1.54, 1.807) is 49.1 Å². The number of allylic oxidation sites excluding steroid dienone is 4. The second-order valence-corrected chi connectivity index (χ2v) is 15.3. The maximum Gasteiger partial charge on any atom is 0.380 e. The molecule has 1 fully saturated rings. The van der Waals surface area contributed by atoms with Gasteiger partial charge in [0.05, 0.1) is 9.49 Å². The predicted molar refractivity (Wildman–Crippen MR) is 183 cm³/mol. The summed E-state index contributed by atoms with van der Waals surface area (Å²) < 4.78 is 93.9. The molecule has 2 aliphatic carbocycles. The van der Waals surface area contributed by atoms with Gasteiger partial charge in [-0.2, -0.15) is 26.3 Å². The molecule has 0 spiro atoms. The van der Waals surface area contributed by atoms with Crippen LogP contribution in [0.5, 0.6) is 0 Å². The van der Waals surface area contributed by atoms with Crippen molar-refractivity contribution >= 4 is 33.3 Å². The zero-order chi connectivity index (χ0) is 34.1. The lowest BCUT2D eigenvalue weighted by Crippen LogP contribution is -2.53. The van der Waals surface area contributed by atoms with Gasteiger partial charge in [-0.25, -0.2) is 0 Å². The molecule has 0 saturated heterocycles. The first kappa shape index (κ1) is 32.2. The molecule has 0 radical (unpaired) electrons. The Labute approximate surface area is 288 Å². The molecule has 8 rings (SSSR count). The lowest BCUT2D eigenvalue weighted by molar-refractivity contribution is -0.258. The van der Waals surface area contributed by atoms with Crippen LogP contribution >= 0.6 is 23.5 Å². The number of hydrogen-bond donors (Lipinski definition) is 0. The third-order valence-corrected chi connectivity index (χ3v) is 13.5. The van der Waals surface area contributed by atoms with Crippen molar-refractivity contribution in [2.24, 2.45) is 0 Å². The summed E-state index contributed by atoms with van der Waals surface area (Å²) in [6.45, 7) is 0.